The van der Waals surface area contributed by atoms with E-state index in [4.69, 9.17) is 5.26 Å². The summed E-state index contributed by atoms with van der Waals surface area (Å²) < 4.78 is 39.0. The van der Waals surface area contributed by atoms with Crippen molar-refractivity contribution in [3.05, 3.63) is 25.3 Å². The second kappa shape index (κ2) is 7.07. The highest BCUT2D eigenvalue weighted by Crippen LogP contribution is 2.08. The molecule has 0 saturated carbocycles. The number of nitriles is 1. The maximum atomic E-state index is 9.75. The molecule has 0 radical (unpaired) electrons. The molecule has 0 atom stereocenters. The van der Waals surface area contributed by atoms with Crippen molar-refractivity contribution in [2.75, 3.05) is 0 Å². The van der Waals surface area contributed by atoms with Gasteiger partial charge in [-0.3, -0.25) is 0 Å². The number of hydrogen-bond donors (Lipinski definition) is 1. The highest BCUT2D eigenvalue weighted by molar-refractivity contribution is 6.50. The Morgan fingerprint density at radius 1 is 1.20 bits per heavy atom. The summed E-state index contributed by atoms with van der Waals surface area (Å²) in [4.78, 5) is 0. The topological polar surface area (TPSA) is 51.4 Å². The highest BCUT2D eigenvalue weighted by atomic mass is 19.5. The van der Waals surface area contributed by atoms with E-state index in [0.717, 1.165) is 0 Å². The average molecular weight is 224 g/mol. The van der Waals surface area contributed by atoms with Crippen molar-refractivity contribution in [1.82, 2.24) is 0 Å². The Bertz CT molecular complexity index is 228. The zero-order chi connectivity index (χ0) is 12.5. The van der Waals surface area contributed by atoms with Crippen LogP contribution in [0.1, 0.15) is 12.8 Å². The van der Waals surface area contributed by atoms with E-state index in [1.165, 1.54) is 0 Å². The van der Waals surface area contributed by atoms with Crippen LogP contribution in [0.4, 0.5) is 17.3 Å². The summed E-state index contributed by atoms with van der Waals surface area (Å²) in [5.41, 5.74) is 3.23. The van der Waals surface area contributed by atoms with Gasteiger partial charge in [0, 0.05) is 12.8 Å². The number of quaternary nitrogens is 1. The molecule has 0 spiro atoms. The fourth-order valence-electron chi connectivity index (χ4n) is 0.727. The molecule has 0 aromatic rings. The molecule has 0 aliphatic carbocycles. The van der Waals surface area contributed by atoms with Gasteiger partial charge in [-0.15, -0.1) is 13.2 Å². The van der Waals surface area contributed by atoms with Crippen LogP contribution in [0.25, 0.3) is 0 Å². The van der Waals surface area contributed by atoms with E-state index in [2.05, 4.69) is 25.0 Å². The molecule has 0 heterocycles. The molecule has 0 aromatic heterocycles. The van der Waals surface area contributed by atoms with E-state index in [-0.39, 0.29) is 0 Å². The molecular formula is C8H13BF4N2. The minimum absolute atomic E-state index is 0.538. The van der Waals surface area contributed by atoms with Crippen LogP contribution in [0, 0.1) is 11.3 Å². The zero-order valence-electron chi connectivity index (χ0n) is 8.23. The molecule has 15 heavy (non-hydrogen) atoms. The fourth-order valence-corrected chi connectivity index (χ4v) is 0.727. The Balaban J connectivity index is 0. The molecule has 0 aromatic carbocycles. The second-order valence-electron chi connectivity index (χ2n) is 2.87. The molecule has 0 aliphatic heterocycles. The van der Waals surface area contributed by atoms with Crippen LogP contribution in [-0.2, 0) is 0 Å². The molecule has 0 amide bonds. The fraction of sp³-hybridized carbons (Fsp3) is 0.375. The van der Waals surface area contributed by atoms with E-state index >= 15 is 0 Å². The van der Waals surface area contributed by atoms with Crippen molar-refractivity contribution in [1.29, 1.82) is 5.26 Å². The molecule has 0 fully saturated rings. The van der Waals surface area contributed by atoms with Crippen LogP contribution in [-0.4, -0.2) is 12.8 Å². The maximum absolute atomic E-state index is 9.75. The average Bonchev–Trinajstić information content (AvgIpc) is 2.02. The van der Waals surface area contributed by atoms with Gasteiger partial charge in [-0.1, -0.05) is 12.2 Å². The minimum atomic E-state index is -6.00. The first-order chi connectivity index (χ1) is 6.68. The smallest absolute Gasteiger partial charge is 0.418 e. The first-order valence-corrected chi connectivity index (χ1v) is 4.04. The van der Waals surface area contributed by atoms with Crippen LogP contribution in [0.5, 0.6) is 0 Å². The van der Waals surface area contributed by atoms with Gasteiger partial charge in [-0.25, -0.2) is 0 Å². The number of nitrogens with zero attached hydrogens (tertiary/aromatic N) is 1. The monoisotopic (exact) mass is 224 g/mol. The van der Waals surface area contributed by atoms with Gasteiger partial charge in [-0.2, -0.15) is 5.26 Å². The molecule has 3 N–H and O–H groups in total. The van der Waals surface area contributed by atoms with Gasteiger partial charge >= 0.3 is 7.25 Å². The van der Waals surface area contributed by atoms with E-state index in [9.17, 15) is 17.3 Å². The normalized spacial score (nSPS) is 10.7. The zero-order valence-corrected chi connectivity index (χ0v) is 8.23. The van der Waals surface area contributed by atoms with Crippen molar-refractivity contribution in [3.63, 3.8) is 0 Å². The van der Waals surface area contributed by atoms with E-state index in [1.807, 2.05) is 0 Å². The summed E-state index contributed by atoms with van der Waals surface area (Å²) in [7, 11) is -6.00. The summed E-state index contributed by atoms with van der Waals surface area (Å²) >= 11 is 0. The minimum Gasteiger partial charge on any atom is -0.418 e. The summed E-state index contributed by atoms with van der Waals surface area (Å²) in [6.45, 7) is 7.10. The van der Waals surface area contributed by atoms with Crippen molar-refractivity contribution < 1.29 is 23.0 Å². The van der Waals surface area contributed by atoms with E-state index in [0.29, 0.717) is 12.8 Å². The van der Waals surface area contributed by atoms with Crippen LogP contribution in [0.15, 0.2) is 25.3 Å². The lowest BCUT2D eigenvalue weighted by atomic mass is 9.95. The summed E-state index contributed by atoms with van der Waals surface area (Å²) in [6.07, 6.45) is 4.66. The molecular weight excluding hydrogens is 211 g/mol. The van der Waals surface area contributed by atoms with Gasteiger partial charge in [0.2, 0.25) is 0 Å². The Kier molecular flexibility index (Phi) is 7.61. The number of halogens is 4. The third-order valence-corrected chi connectivity index (χ3v) is 1.31. The van der Waals surface area contributed by atoms with Crippen LogP contribution < -0.4 is 5.73 Å². The van der Waals surface area contributed by atoms with Gasteiger partial charge in [-0.05, 0) is 0 Å². The van der Waals surface area contributed by atoms with Gasteiger partial charge in [0.05, 0.1) is 0 Å². The predicted molar refractivity (Wildman–Crippen MR) is 51.0 cm³/mol. The lowest BCUT2D eigenvalue weighted by molar-refractivity contribution is -0.453. The first kappa shape index (κ1) is 16.2. The third-order valence-electron chi connectivity index (χ3n) is 1.31. The highest BCUT2D eigenvalue weighted by Gasteiger charge is 2.24. The lowest BCUT2D eigenvalue weighted by Gasteiger charge is -2.11. The molecule has 0 aliphatic rings. The summed E-state index contributed by atoms with van der Waals surface area (Å²) in [5, 5.41) is 8.64. The number of hydrogen-bond acceptors (Lipinski definition) is 1. The van der Waals surface area contributed by atoms with Crippen molar-refractivity contribution >= 4 is 7.25 Å². The predicted octanol–water partition coefficient (Wildman–Crippen LogP) is 1.94. The van der Waals surface area contributed by atoms with Crippen LogP contribution >= 0.6 is 0 Å². The quantitative estimate of drug-likeness (QED) is 0.442. The summed E-state index contributed by atoms with van der Waals surface area (Å²) in [6, 6.07) is 2.13. The second-order valence-corrected chi connectivity index (χ2v) is 2.87. The largest absolute Gasteiger partial charge is 0.673 e. The lowest BCUT2D eigenvalue weighted by Crippen LogP contribution is -2.71. The molecule has 7 heteroatoms. The van der Waals surface area contributed by atoms with Gasteiger partial charge in [0.1, 0.15) is 6.07 Å². The Morgan fingerprint density at radius 2 is 1.47 bits per heavy atom. The molecule has 86 valence electrons. The molecule has 0 unspecified atom stereocenters. The third kappa shape index (κ3) is 15.5. The first-order valence-electron chi connectivity index (χ1n) is 4.04. The van der Waals surface area contributed by atoms with Crippen LogP contribution in [0.2, 0.25) is 0 Å². The molecule has 0 saturated heterocycles. The molecule has 0 rings (SSSR count). The maximum Gasteiger partial charge on any atom is 0.673 e. The van der Waals surface area contributed by atoms with Gasteiger partial charge in [0.15, 0.2) is 5.54 Å². The summed E-state index contributed by atoms with van der Waals surface area (Å²) in [5.74, 6) is 0. The standard InChI is InChI=1S/C8H12N2.BF4/c1-3-5-8(10,7-9)6-4-2;2-1(3,4)5/h3-4H,1-2,5-6,10H2;/q;-1/p+1. The van der Waals surface area contributed by atoms with Crippen LogP contribution in [0.3, 0.4) is 0 Å². The van der Waals surface area contributed by atoms with Crippen molar-refractivity contribution in [3.8, 4) is 6.07 Å². The van der Waals surface area contributed by atoms with Crippen molar-refractivity contribution in [2.24, 2.45) is 0 Å². The van der Waals surface area contributed by atoms with E-state index in [1.54, 1.807) is 12.2 Å². The molecule has 2 nitrogen and oxygen atoms in total. The Labute approximate surface area is 86.2 Å². The van der Waals surface area contributed by atoms with Gasteiger partial charge in [0.25, 0.3) is 0 Å². The SMILES string of the molecule is C=CCC([NH3+])(C#N)CC=C.F[B-](F)(F)F. The van der Waals surface area contributed by atoms with Gasteiger partial charge < -0.3 is 23.0 Å². The Morgan fingerprint density at radius 3 is 1.60 bits per heavy atom. The van der Waals surface area contributed by atoms with E-state index < -0.39 is 12.8 Å². The Hall–Kier alpha value is -1.29. The molecule has 0 bridgehead atoms. The van der Waals surface area contributed by atoms with Crippen molar-refractivity contribution in [2.45, 2.75) is 18.4 Å². The number of rotatable bonds is 4.